The lowest BCUT2D eigenvalue weighted by molar-refractivity contribution is -0.146. The lowest BCUT2D eigenvalue weighted by atomic mass is 9.96. The van der Waals surface area contributed by atoms with Crippen molar-refractivity contribution in [3.05, 3.63) is 0 Å². The maximum atomic E-state index is 11.4. The fourth-order valence-electron chi connectivity index (χ4n) is 2.18. The van der Waals surface area contributed by atoms with Crippen molar-refractivity contribution in [2.45, 2.75) is 51.6 Å². The second-order valence-corrected chi connectivity index (χ2v) is 5.30. The minimum atomic E-state index is -0.871. The predicted octanol–water partition coefficient (Wildman–Crippen LogP) is 1.40. The number of unbranched alkanes of at least 4 members (excludes halogenated alkanes) is 1. The maximum absolute atomic E-state index is 11.4. The highest BCUT2D eigenvalue weighted by atomic mass is 16.5. The molecule has 0 aromatic carbocycles. The number of hydrogen-bond donors (Lipinski definition) is 1. The second-order valence-electron chi connectivity index (χ2n) is 5.30. The molecule has 0 aliphatic heterocycles. The largest absolute Gasteiger partial charge is 0.468 e. The number of nitrogens with zero attached hydrogens (tertiary/aromatic N) is 1. The molecular formula is C14H30N2O3. The van der Waals surface area contributed by atoms with Gasteiger partial charge < -0.3 is 15.2 Å². The van der Waals surface area contributed by atoms with Crippen LogP contribution >= 0.6 is 0 Å². The van der Waals surface area contributed by atoms with Gasteiger partial charge in [-0.3, -0.25) is 9.69 Å². The van der Waals surface area contributed by atoms with Gasteiger partial charge >= 0.3 is 5.97 Å². The number of carbonyl (C=O) groups is 1. The van der Waals surface area contributed by atoms with Crippen molar-refractivity contribution in [1.29, 1.82) is 0 Å². The number of esters is 1. The first-order chi connectivity index (χ1) is 8.88. The van der Waals surface area contributed by atoms with E-state index in [2.05, 4.69) is 18.7 Å². The van der Waals surface area contributed by atoms with E-state index in [1.165, 1.54) is 7.11 Å². The molecule has 0 radical (unpaired) electrons. The monoisotopic (exact) mass is 274 g/mol. The van der Waals surface area contributed by atoms with Gasteiger partial charge in [-0.2, -0.15) is 0 Å². The fraction of sp³-hybridized carbons (Fsp3) is 0.929. The zero-order chi connectivity index (χ0) is 14.9. The Bertz CT molecular complexity index is 257. The summed E-state index contributed by atoms with van der Waals surface area (Å²) in [5.74, 6) is -0.340. The van der Waals surface area contributed by atoms with Crippen molar-refractivity contribution in [3.63, 3.8) is 0 Å². The van der Waals surface area contributed by atoms with E-state index in [1.54, 1.807) is 14.0 Å². The fourth-order valence-corrected chi connectivity index (χ4v) is 2.18. The van der Waals surface area contributed by atoms with Gasteiger partial charge in [0.15, 0.2) is 0 Å². The molecule has 114 valence electrons. The smallest absolute Gasteiger partial charge is 0.325 e. The summed E-state index contributed by atoms with van der Waals surface area (Å²) in [7, 11) is 3.10. The average Bonchev–Trinajstić information content (AvgIpc) is 2.37. The first-order valence-electron chi connectivity index (χ1n) is 6.99. The molecule has 2 N–H and O–H groups in total. The van der Waals surface area contributed by atoms with Crippen LogP contribution in [0.4, 0.5) is 0 Å². The normalized spacial score (nSPS) is 16.2. The summed E-state index contributed by atoms with van der Waals surface area (Å²) in [6.45, 7) is 8.77. The molecule has 5 heteroatoms. The SMILES string of the molecule is CCN(CCCCC(C)(N)C(=O)OC)C(C)COC. The van der Waals surface area contributed by atoms with Crippen LogP contribution in [0.2, 0.25) is 0 Å². The van der Waals surface area contributed by atoms with E-state index in [1.807, 2.05) is 0 Å². The third-order valence-corrected chi connectivity index (χ3v) is 3.48. The summed E-state index contributed by atoms with van der Waals surface area (Å²) >= 11 is 0. The number of likely N-dealkylation sites (N-methyl/N-ethyl adjacent to an activating group) is 1. The van der Waals surface area contributed by atoms with Crippen molar-refractivity contribution in [2.75, 3.05) is 33.9 Å². The number of carbonyl (C=O) groups excluding carboxylic acids is 1. The van der Waals surface area contributed by atoms with Crippen LogP contribution < -0.4 is 5.73 Å². The Kier molecular flexibility index (Phi) is 8.97. The first-order valence-corrected chi connectivity index (χ1v) is 6.99. The van der Waals surface area contributed by atoms with Gasteiger partial charge in [-0.25, -0.2) is 0 Å². The highest BCUT2D eigenvalue weighted by Gasteiger charge is 2.28. The number of ether oxygens (including phenoxy) is 2. The van der Waals surface area contributed by atoms with Crippen molar-refractivity contribution >= 4 is 5.97 Å². The van der Waals surface area contributed by atoms with Gasteiger partial charge in [-0.15, -0.1) is 0 Å². The molecule has 0 bridgehead atoms. The van der Waals surface area contributed by atoms with E-state index in [0.717, 1.165) is 32.5 Å². The summed E-state index contributed by atoms with van der Waals surface area (Å²) in [6, 6.07) is 0.417. The molecule has 0 rings (SSSR count). The molecule has 19 heavy (non-hydrogen) atoms. The molecule has 0 heterocycles. The molecule has 0 aromatic rings. The minimum absolute atomic E-state index is 0.340. The number of methoxy groups -OCH3 is 2. The van der Waals surface area contributed by atoms with Crippen molar-refractivity contribution in [1.82, 2.24) is 4.90 Å². The number of hydrogen-bond acceptors (Lipinski definition) is 5. The lowest BCUT2D eigenvalue weighted by Crippen LogP contribution is -2.45. The topological polar surface area (TPSA) is 64.8 Å². The Morgan fingerprint density at radius 3 is 2.47 bits per heavy atom. The molecule has 0 fully saturated rings. The molecule has 0 aromatic heterocycles. The standard InChI is InChI=1S/C14H30N2O3/c1-6-16(12(2)11-18-4)10-8-7-9-14(3,15)13(17)19-5/h12H,6-11,15H2,1-5H3. The van der Waals surface area contributed by atoms with E-state index < -0.39 is 5.54 Å². The summed E-state index contributed by atoms with van der Waals surface area (Å²) in [5.41, 5.74) is 5.05. The molecule has 2 atom stereocenters. The highest BCUT2D eigenvalue weighted by Crippen LogP contribution is 2.13. The van der Waals surface area contributed by atoms with Crippen LogP contribution in [0.5, 0.6) is 0 Å². The summed E-state index contributed by atoms with van der Waals surface area (Å²) in [6.07, 6.45) is 2.58. The lowest BCUT2D eigenvalue weighted by Gasteiger charge is -2.28. The summed E-state index contributed by atoms with van der Waals surface area (Å²) in [5, 5.41) is 0. The zero-order valence-electron chi connectivity index (χ0n) is 13.1. The van der Waals surface area contributed by atoms with Crippen LogP contribution in [0, 0.1) is 0 Å². The van der Waals surface area contributed by atoms with E-state index in [4.69, 9.17) is 15.2 Å². The Morgan fingerprint density at radius 2 is 2.00 bits per heavy atom. The number of rotatable bonds is 10. The highest BCUT2D eigenvalue weighted by molar-refractivity contribution is 5.79. The van der Waals surface area contributed by atoms with E-state index in [9.17, 15) is 4.79 Å². The van der Waals surface area contributed by atoms with Gasteiger partial charge in [0, 0.05) is 13.2 Å². The van der Waals surface area contributed by atoms with E-state index in [0.29, 0.717) is 12.5 Å². The maximum Gasteiger partial charge on any atom is 0.325 e. The summed E-state index contributed by atoms with van der Waals surface area (Å²) in [4.78, 5) is 13.8. The van der Waals surface area contributed by atoms with Crippen molar-refractivity contribution < 1.29 is 14.3 Å². The van der Waals surface area contributed by atoms with Crippen LogP contribution in [-0.4, -0.2) is 56.4 Å². The molecule has 0 amide bonds. The third kappa shape index (κ3) is 6.89. The second kappa shape index (κ2) is 9.28. The van der Waals surface area contributed by atoms with Crippen molar-refractivity contribution in [3.8, 4) is 0 Å². The van der Waals surface area contributed by atoms with Gasteiger partial charge in [-0.05, 0) is 46.2 Å². The van der Waals surface area contributed by atoms with E-state index >= 15 is 0 Å². The molecule has 5 nitrogen and oxygen atoms in total. The first kappa shape index (κ1) is 18.4. The Hall–Kier alpha value is -0.650. The third-order valence-electron chi connectivity index (χ3n) is 3.48. The molecule has 0 saturated heterocycles. The van der Waals surface area contributed by atoms with Gasteiger partial charge in [0.05, 0.1) is 13.7 Å². The van der Waals surface area contributed by atoms with Crippen LogP contribution in [0.15, 0.2) is 0 Å². The van der Waals surface area contributed by atoms with Crippen LogP contribution in [0.1, 0.15) is 40.0 Å². The predicted molar refractivity (Wildman–Crippen MR) is 77.0 cm³/mol. The van der Waals surface area contributed by atoms with Crippen molar-refractivity contribution in [2.24, 2.45) is 5.73 Å². The van der Waals surface area contributed by atoms with Gasteiger partial charge in [0.2, 0.25) is 0 Å². The Balaban J connectivity index is 3.98. The van der Waals surface area contributed by atoms with Gasteiger partial charge in [0.1, 0.15) is 5.54 Å². The summed E-state index contributed by atoms with van der Waals surface area (Å²) < 4.78 is 9.86. The molecule has 0 aliphatic carbocycles. The minimum Gasteiger partial charge on any atom is -0.468 e. The van der Waals surface area contributed by atoms with Crippen LogP contribution in [0.25, 0.3) is 0 Å². The van der Waals surface area contributed by atoms with Crippen LogP contribution in [0.3, 0.4) is 0 Å². The van der Waals surface area contributed by atoms with Gasteiger partial charge in [0.25, 0.3) is 0 Å². The Morgan fingerprint density at radius 1 is 1.37 bits per heavy atom. The average molecular weight is 274 g/mol. The molecule has 2 unspecified atom stereocenters. The molecule has 0 aliphatic rings. The Labute approximate surface area is 117 Å². The van der Waals surface area contributed by atoms with Gasteiger partial charge in [-0.1, -0.05) is 6.92 Å². The van der Waals surface area contributed by atoms with E-state index in [-0.39, 0.29) is 5.97 Å². The zero-order valence-corrected chi connectivity index (χ0v) is 13.1. The quantitative estimate of drug-likeness (QED) is 0.482. The number of nitrogens with two attached hydrogens (primary N) is 1. The molecule has 0 spiro atoms. The molecule has 0 saturated carbocycles. The van der Waals surface area contributed by atoms with Crippen LogP contribution in [-0.2, 0) is 14.3 Å². The molecular weight excluding hydrogens is 244 g/mol.